The highest BCUT2D eigenvalue weighted by Gasteiger charge is 2.04. The van der Waals surface area contributed by atoms with Gasteiger partial charge in [0.15, 0.2) is 0 Å². The molecule has 3 N–H and O–H groups in total. The van der Waals surface area contributed by atoms with Crippen molar-refractivity contribution in [2.75, 3.05) is 5.43 Å². The van der Waals surface area contributed by atoms with Gasteiger partial charge in [0, 0.05) is 11.1 Å². The molecule has 0 fully saturated rings. The molecule has 1 heterocycles. The number of nitrogens with zero attached hydrogens (tertiary/aromatic N) is 1. The number of fused-ring (bicyclic) bond motifs is 1. The van der Waals surface area contributed by atoms with Gasteiger partial charge in [0.1, 0.15) is 0 Å². The van der Waals surface area contributed by atoms with Gasteiger partial charge >= 0.3 is 0 Å². The van der Waals surface area contributed by atoms with Crippen molar-refractivity contribution in [3.05, 3.63) is 35.5 Å². The van der Waals surface area contributed by atoms with Gasteiger partial charge < -0.3 is 5.43 Å². The van der Waals surface area contributed by atoms with Crippen LogP contribution in [0.2, 0.25) is 0 Å². The van der Waals surface area contributed by atoms with Crippen molar-refractivity contribution < 1.29 is 0 Å². The molecule has 0 aliphatic carbocycles. The van der Waals surface area contributed by atoms with Gasteiger partial charge in [0.25, 0.3) is 0 Å². The molecule has 0 unspecified atom stereocenters. The number of hydrazine groups is 1. The minimum absolute atomic E-state index is 0.950. The zero-order chi connectivity index (χ0) is 12.3. The first-order valence-corrected chi connectivity index (χ1v) is 6.11. The van der Waals surface area contributed by atoms with E-state index < -0.39 is 0 Å². The standard InChI is InChI=1S/C14H19N3/c1-3-4-5-11-6-7-13-12(9-11)14(17-15)8-10(2)16-13/h6-9H,3-5,15H2,1-2H3,(H,16,17). The molecule has 0 saturated carbocycles. The minimum atomic E-state index is 0.950. The Balaban J connectivity index is 2.47. The van der Waals surface area contributed by atoms with E-state index in [1.165, 1.54) is 18.4 Å². The third-order valence-electron chi connectivity index (χ3n) is 2.98. The quantitative estimate of drug-likeness (QED) is 0.625. The Morgan fingerprint density at radius 1 is 1.29 bits per heavy atom. The van der Waals surface area contributed by atoms with Gasteiger partial charge in [-0.05, 0) is 43.5 Å². The number of unbranched alkanes of at least 4 members (excludes halogenated alkanes) is 1. The lowest BCUT2D eigenvalue weighted by Gasteiger charge is -2.09. The van der Waals surface area contributed by atoms with Crippen LogP contribution in [0.5, 0.6) is 0 Å². The van der Waals surface area contributed by atoms with Crippen LogP contribution in [0, 0.1) is 6.92 Å². The summed E-state index contributed by atoms with van der Waals surface area (Å²) in [6, 6.07) is 8.40. The summed E-state index contributed by atoms with van der Waals surface area (Å²) in [5.41, 5.74) is 7.03. The Bertz CT molecular complexity index is 520. The fourth-order valence-electron chi connectivity index (χ4n) is 2.06. The van der Waals surface area contributed by atoms with Crippen molar-refractivity contribution in [1.82, 2.24) is 4.98 Å². The number of benzene rings is 1. The highest BCUT2D eigenvalue weighted by molar-refractivity contribution is 5.91. The molecule has 90 valence electrons. The second-order valence-electron chi connectivity index (χ2n) is 4.41. The summed E-state index contributed by atoms with van der Waals surface area (Å²) in [6.45, 7) is 4.18. The Kier molecular flexibility index (Phi) is 3.59. The average molecular weight is 229 g/mol. The molecular formula is C14H19N3. The van der Waals surface area contributed by atoms with E-state index in [2.05, 4.69) is 35.5 Å². The van der Waals surface area contributed by atoms with Crippen LogP contribution in [0.15, 0.2) is 24.3 Å². The monoisotopic (exact) mass is 229 g/mol. The molecule has 0 saturated heterocycles. The molecule has 1 aromatic carbocycles. The van der Waals surface area contributed by atoms with Gasteiger partial charge in [-0.3, -0.25) is 10.8 Å². The molecule has 0 bridgehead atoms. The van der Waals surface area contributed by atoms with Crippen molar-refractivity contribution in [1.29, 1.82) is 0 Å². The number of nitrogens with one attached hydrogen (secondary N) is 1. The van der Waals surface area contributed by atoms with E-state index in [-0.39, 0.29) is 0 Å². The van der Waals surface area contributed by atoms with Crippen molar-refractivity contribution in [2.24, 2.45) is 5.84 Å². The van der Waals surface area contributed by atoms with Crippen LogP contribution in [-0.2, 0) is 6.42 Å². The van der Waals surface area contributed by atoms with Crippen LogP contribution in [0.1, 0.15) is 31.0 Å². The second-order valence-corrected chi connectivity index (χ2v) is 4.41. The molecule has 0 atom stereocenters. The maximum absolute atomic E-state index is 5.56. The first-order valence-electron chi connectivity index (χ1n) is 6.11. The van der Waals surface area contributed by atoms with Gasteiger partial charge in [0.2, 0.25) is 0 Å². The van der Waals surface area contributed by atoms with Crippen molar-refractivity contribution in [3.8, 4) is 0 Å². The maximum atomic E-state index is 5.56. The van der Waals surface area contributed by atoms with Crippen molar-refractivity contribution in [2.45, 2.75) is 33.1 Å². The van der Waals surface area contributed by atoms with Crippen LogP contribution in [0.3, 0.4) is 0 Å². The van der Waals surface area contributed by atoms with Crippen molar-refractivity contribution >= 4 is 16.6 Å². The lowest BCUT2D eigenvalue weighted by molar-refractivity contribution is 0.796. The Labute approximate surface area is 102 Å². The summed E-state index contributed by atoms with van der Waals surface area (Å²) in [7, 11) is 0. The number of hydrogen-bond acceptors (Lipinski definition) is 3. The van der Waals surface area contributed by atoms with Crippen molar-refractivity contribution in [3.63, 3.8) is 0 Å². The van der Waals surface area contributed by atoms with Gasteiger partial charge in [-0.25, -0.2) is 0 Å². The molecule has 2 aromatic rings. The molecule has 0 aliphatic rings. The van der Waals surface area contributed by atoms with Gasteiger partial charge in [-0.15, -0.1) is 0 Å². The number of nitrogen functional groups attached to an aromatic ring is 1. The van der Waals surface area contributed by atoms with Crippen LogP contribution in [0.4, 0.5) is 5.69 Å². The molecule has 3 nitrogen and oxygen atoms in total. The third kappa shape index (κ3) is 2.56. The lowest BCUT2D eigenvalue weighted by Crippen LogP contribution is -2.08. The summed E-state index contributed by atoms with van der Waals surface area (Å²) >= 11 is 0. The van der Waals surface area contributed by atoms with Crippen LogP contribution in [-0.4, -0.2) is 4.98 Å². The van der Waals surface area contributed by atoms with Gasteiger partial charge in [-0.1, -0.05) is 19.4 Å². The fourth-order valence-corrected chi connectivity index (χ4v) is 2.06. The van der Waals surface area contributed by atoms with E-state index in [1.807, 2.05) is 13.0 Å². The second kappa shape index (κ2) is 5.15. The normalized spacial score (nSPS) is 10.8. The number of rotatable bonds is 4. The first kappa shape index (κ1) is 11.9. The van der Waals surface area contributed by atoms with E-state index in [0.717, 1.165) is 28.7 Å². The summed E-state index contributed by atoms with van der Waals surface area (Å²) in [5.74, 6) is 5.56. The molecule has 0 amide bonds. The zero-order valence-corrected chi connectivity index (χ0v) is 10.5. The van der Waals surface area contributed by atoms with Crippen LogP contribution >= 0.6 is 0 Å². The number of anilines is 1. The predicted molar refractivity (Wildman–Crippen MR) is 72.9 cm³/mol. The lowest BCUT2D eigenvalue weighted by atomic mass is 10.0. The summed E-state index contributed by atoms with van der Waals surface area (Å²) in [4.78, 5) is 4.51. The summed E-state index contributed by atoms with van der Waals surface area (Å²) in [5, 5.41) is 1.10. The number of aromatic nitrogens is 1. The van der Waals surface area contributed by atoms with Gasteiger partial charge in [-0.2, -0.15) is 0 Å². The molecule has 0 aliphatic heterocycles. The fraction of sp³-hybridized carbons (Fsp3) is 0.357. The van der Waals surface area contributed by atoms with Crippen LogP contribution < -0.4 is 11.3 Å². The largest absolute Gasteiger partial charge is 0.323 e. The SMILES string of the molecule is CCCCc1ccc2nc(C)cc(NN)c2c1. The van der Waals surface area contributed by atoms with E-state index in [0.29, 0.717) is 0 Å². The average Bonchev–Trinajstić information content (AvgIpc) is 2.35. The molecule has 1 aromatic heterocycles. The number of pyridine rings is 1. The topological polar surface area (TPSA) is 50.9 Å². The molecule has 3 heteroatoms. The minimum Gasteiger partial charge on any atom is -0.323 e. The smallest absolute Gasteiger partial charge is 0.0726 e. The Morgan fingerprint density at radius 3 is 2.82 bits per heavy atom. The third-order valence-corrected chi connectivity index (χ3v) is 2.98. The van der Waals surface area contributed by atoms with E-state index in [1.54, 1.807) is 0 Å². The Hall–Kier alpha value is -1.61. The van der Waals surface area contributed by atoms with E-state index in [9.17, 15) is 0 Å². The first-order chi connectivity index (χ1) is 8.24. The Morgan fingerprint density at radius 2 is 2.12 bits per heavy atom. The number of nitrogens with two attached hydrogens (primary N) is 1. The highest BCUT2D eigenvalue weighted by atomic mass is 15.2. The predicted octanol–water partition coefficient (Wildman–Crippen LogP) is 3.17. The molecular weight excluding hydrogens is 210 g/mol. The highest BCUT2D eigenvalue weighted by Crippen LogP contribution is 2.24. The van der Waals surface area contributed by atoms with E-state index >= 15 is 0 Å². The van der Waals surface area contributed by atoms with E-state index in [4.69, 9.17) is 5.84 Å². The summed E-state index contributed by atoms with van der Waals surface area (Å²) < 4.78 is 0. The van der Waals surface area contributed by atoms with Crippen LogP contribution in [0.25, 0.3) is 10.9 Å². The number of aryl methyl sites for hydroxylation is 2. The molecule has 2 rings (SSSR count). The number of hydrogen-bond donors (Lipinski definition) is 2. The van der Waals surface area contributed by atoms with Gasteiger partial charge in [0.05, 0.1) is 11.2 Å². The molecule has 0 radical (unpaired) electrons. The summed E-state index contributed by atoms with van der Waals surface area (Å²) in [6.07, 6.45) is 3.55. The molecule has 17 heavy (non-hydrogen) atoms. The maximum Gasteiger partial charge on any atom is 0.0726 e. The molecule has 0 spiro atoms. The zero-order valence-electron chi connectivity index (χ0n) is 10.5.